The maximum Gasteiger partial charge on any atom is 0.407 e. The number of nitrogens with zero attached hydrogens (tertiary/aromatic N) is 3. The first kappa shape index (κ1) is 60.9. The summed E-state index contributed by atoms with van der Waals surface area (Å²) in [5.74, 6) is -1.94. The van der Waals surface area contributed by atoms with Gasteiger partial charge in [-0.2, -0.15) is 0 Å². The van der Waals surface area contributed by atoms with E-state index in [4.69, 9.17) is 39.9 Å². The van der Waals surface area contributed by atoms with Gasteiger partial charge in [0.1, 0.15) is 42.7 Å². The van der Waals surface area contributed by atoms with E-state index in [1.165, 1.54) is 24.3 Å². The number of rotatable bonds is 34. The number of benzene rings is 3. The molecular weight excluding hydrogens is 1040 g/mol. The number of anilines is 1. The number of amides is 8. The number of H-pyrrole nitrogens is 1. The highest BCUT2D eigenvalue weighted by Crippen LogP contribution is 2.33. The summed E-state index contributed by atoms with van der Waals surface area (Å²) in [4.78, 5) is 101. The molecule has 80 heavy (non-hydrogen) atoms. The number of aromatic amines is 1. The van der Waals surface area contributed by atoms with Crippen molar-refractivity contribution in [1.82, 2.24) is 41.1 Å². The van der Waals surface area contributed by atoms with E-state index in [9.17, 15) is 38.0 Å². The Balaban J connectivity index is 0.874. The number of carbonyl (C=O) groups is 7. The van der Waals surface area contributed by atoms with Crippen LogP contribution in [0.3, 0.4) is 0 Å². The number of nitrogens with two attached hydrogens (primary N) is 2. The van der Waals surface area contributed by atoms with Crippen LogP contribution < -0.4 is 42.8 Å². The number of ether oxygens (including phenoxy) is 6. The Labute approximate surface area is 461 Å². The van der Waals surface area contributed by atoms with E-state index in [1.807, 2.05) is 24.3 Å². The van der Waals surface area contributed by atoms with E-state index >= 15 is 0 Å². The summed E-state index contributed by atoms with van der Waals surface area (Å²) in [6.07, 6.45) is 3.71. The SMILES string of the molecule is CC(C)C(NC(=O)CCOCCOCCOCCOCCN1C(=O)C=CC1=O)C(=O)N[C@@H](CCCNC(N)=O)C(=O)Nc1ccc(COC(=O)NCCOc2cnc3ccc(-c4nc(CN)[nH]c4-c4ccc(F)cc4)cc3c2)cc1. The Morgan fingerprint density at radius 2 is 1.41 bits per heavy atom. The van der Waals surface area contributed by atoms with Gasteiger partial charge in [0.25, 0.3) is 11.8 Å². The molecule has 6 rings (SSSR count). The van der Waals surface area contributed by atoms with Crippen LogP contribution in [0.1, 0.15) is 44.5 Å². The van der Waals surface area contributed by atoms with Crippen LogP contribution in [-0.2, 0) is 60.8 Å². The molecule has 0 spiro atoms. The number of pyridine rings is 1. The van der Waals surface area contributed by atoms with Gasteiger partial charge in [-0.25, -0.2) is 19.0 Å². The number of nitrogens with one attached hydrogen (secondary N) is 6. The molecule has 24 nitrogen and oxygen atoms in total. The quantitative estimate of drug-likeness (QED) is 0.0216. The lowest BCUT2D eigenvalue weighted by atomic mass is 10.0. The van der Waals surface area contributed by atoms with Gasteiger partial charge in [0.05, 0.1) is 95.6 Å². The van der Waals surface area contributed by atoms with Crippen molar-refractivity contribution in [2.45, 2.75) is 58.3 Å². The van der Waals surface area contributed by atoms with Crippen molar-refractivity contribution in [3.8, 4) is 28.3 Å². The van der Waals surface area contributed by atoms with Crippen LogP contribution in [0.4, 0.5) is 19.7 Å². The second kappa shape index (κ2) is 31.9. The number of imidazole rings is 1. The fourth-order valence-electron chi connectivity index (χ4n) is 7.89. The second-order valence-electron chi connectivity index (χ2n) is 18.4. The summed E-state index contributed by atoms with van der Waals surface area (Å²) in [5, 5.41) is 14.2. The summed E-state index contributed by atoms with van der Waals surface area (Å²) in [6.45, 7) is 6.12. The molecule has 3 heterocycles. The number of hydrogen-bond donors (Lipinski definition) is 8. The lowest BCUT2D eigenvalue weighted by Gasteiger charge is -2.25. The molecule has 25 heteroatoms. The molecule has 0 radical (unpaired) electrons. The first-order valence-electron chi connectivity index (χ1n) is 26.0. The van der Waals surface area contributed by atoms with E-state index in [1.54, 1.807) is 56.4 Å². The molecule has 5 aromatic rings. The largest absolute Gasteiger partial charge is 0.490 e. The van der Waals surface area contributed by atoms with Crippen molar-refractivity contribution >= 4 is 58.3 Å². The van der Waals surface area contributed by atoms with Crippen molar-refractivity contribution in [1.29, 1.82) is 0 Å². The molecule has 428 valence electrons. The third-order valence-electron chi connectivity index (χ3n) is 12.1. The van der Waals surface area contributed by atoms with Crippen molar-refractivity contribution in [2.75, 3.05) is 84.4 Å². The predicted octanol–water partition coefficient (Wildman–Crippen LogP) is 3.59. The molecule has 1 aliphatic heterocycles. The summed E-state index contributed by atoms with van der Waals surface area (Å²) in [7, 11) is 0. The third-order valence-corrected chi connectivity index (χ3v) is 12.1. The van der Waals surface area contributed by atoms with Crippen molar-refractivity contribution < 1.29 is 66.4 Å². The Morgan fingerprint density at radius 3 is 2.08 bits per heavy atom. The van der Waals surface area contributed by atoms with E-state index in [-0.39, 0.29) is 115 Å². The average molecular weight is 1110 g/mol. The van der Waals surface area contributed by atoms with Gasteiger partial charge in [-0.3, -0.25) is 33.9 Å². The summed E-state index contributed by atoms with van der Waals surface area (Å²) < 4.78 is 46.8. The standard InChI is InChI=1S/C55H68FN11O13/c1-35(2)49(66-46(68)17-21-75-24-26-77-28-29-78-27-25-76-23-20-67-47(69)15-16-48(67)70)53(72)63-44(4-3-18-59-54(58)73)52(71)62-41-12-5-36(6-13-41)34-80-55(74)60-19-22-79-42-31-39-30-38(9-14-43(39)61-33-42)51-50(64-45(32-57)65-51)37-7-10-40(56)11-8-37/h5-16,30-31,33,35,44,49H,3-4,17-29,32,34,57H2,1-2H3,(H,60,74)(H,62,71)(H,63,72)(H,64,65)(H,66,68)(H3,58,59,73)/t44-,49?/m0/s1. The normalized spacial score (nSPS) is 12.8. The molecule has 10 N–H and O–H groups in total. The number of fused-ring (bicyclic) bond motifs is 1. The lowest BCUT2D eigenvalue weighted by Crippen LogP contribution is -2.54. The molecule has 0 fully saturated rings. The van der Waals surface area contributed by atoms with E-state index < -0.39 is 41.9 Å². The number of hydrogen-bond acceptors (Lipinski definition) is 16. The first-order chi connectivity index (χ1) is 38.7. The summed E-state index contributed by atoms with van der Waals surface area (Å²) in [6, 6.07) is 17.4. The number of primary amides is 1. The molecule has 0 bridgehead atoms. The number of aromatic nitrogens is 3. The Kier molecular flexibility index (Phi) is 24.3. The van der Waals surface area contributed by atoms with E-state index in [2.05, 4.69) is 41.5 Å². The van der Waals surface area contributed by atoms with Crippen LogP contribution >= 0.6 is 0 Å². The van der Waals surface area contributed by atoms with Crippen LogP contribution in [0, 0.1) is 11.7 Å². The number of urea groups is 1. The maximum absolute atomic E-state index is 13.7. The monoisotopic (exact) mass is 1110 g/mol. The molecule has 8 amide bonds. The van der Waals surface area contributed by atoms with Crippen LogP contribution in [0.15, 0.2) is 91.1 Å². The minimum atomic E-state index is -1.07. The van der Waals surface area contributed by atoms with E-state index in [0.717, 1.165) is 26.9 Å². The molecule has 3 aromatic carbocycles. The zero-order chi connectivity index (χ0) is 57.2. The Morgan fingerprint density at radius 1 is 0.750 bits per heavy atom. The Hall–Kier alpha value is -8.36. The maximum atomic E-state index is 13.7. The molecule has 1 aliphatic rings. The summed E-state index contributed by atoms with van der Waals surface area (Å²) >= 11 is 0. The average Bonchev–Trinajstić information content (AvgIpc) is 4.05. The zero-order valence-corrected chi connectivity index (χ0v) is 44.6. The molecule has 0 saturated heterocycles. The molecule has 0 saturated carbocycles. The third kappa shape index (κ3) is 19.8. The van der Waals surface area contributed by atoms with E-state index in [0.29, 0.717) is 54.0 Å². The highest BCUT2D eigenvalue weighted by Gasteiger charge is 2.29. The van der Waals surface area contributed by atoms with Crippen molar-refractivity contribution in [3.63, 3.8) is 0 Å². The minimum absolute atomic E-state index is 0.0387. The zero-order valence-electron chi connectivity index (χ0n) is 44.6. The van der Waals surface area contributed by atoms with Gasteiger partial charge >= 0.3 is 12.1 Å². The van der Waals surface area contributed by atoms with Gasteiger partial charge in [-0.15, -0.1) is 0 Å². The number of carbonyl (C=O) groups excluding carboxylic acids is 7. The molecule has 2 atom stereocenters. The van der Waals surface area contributed by atoms with Crippen LogP contribution in [-0.4, -0.2) is 153 Å². The molecule has 0 aliphatic carbocycles. The van der Waals surface area contributed by atoms with Gasteiger partial charge < -0.3 is 71.5 Å². The Bertz CT molecular complexity index is 2890. The van der Waals surface area contributed by atoms with Crippen LogP contribution in [0.5, 0.6) is 5.75 Å². The molecule has 1 unspecified atom stereocenters. The molecular formula is C55H68FN11O13. The summed E-state index contributed by atoms with van der Waals surface area (Å²) in [5.41, 5.74) is 15.7. The first-order valence-corrected chi connectivity index (χ1v) is 26.0. The van der Waals surface area contributed by atoms with Gasteiger partial charge in [-0.05, 0) is 78.9 Å². The topological polar surface area (TPSA) is 332 Å². The fraction of sp³-hybridized carbons (Fsp3) is 0.400. The van der Waals surface area contributed by atoms with Crippen molar-refractivity contribution in [2.24, 2.45) is 17.4 Å². The molecule has 2 aromatic heterocycles. The van der Waals surface area contributed by atoms with Crippen molar-refractivity contribution in [3.05, 3.63) is 108 Å². The lowest BCUT2D eigenvalue weighted by molar-refractivity contribution is -0.137. The highest BCUT2D eigenvalue weighted by molar-refractivity contribution is 6.12. The van der Waals surface area contributed by atoms with Gasteiger partial charge in [0.15, 0.2) is 0 Å². The number of alkyl carbamates (subject to hydrolysis) is 1. The van der Waals surface area contributed by atoms with Gasteiger partial charge in [0, 0.05) is 47.3 Å². The minimum Gasteiger partial charge on any atom is -0.490 e. The fourth-order valence-corrected chi connectivity index (χ4v) is 7.89. The van der Waals surface area contributed by atoms with Crippen LogP contribution in [0.25, 0.3) is 33.4 Å². The predicted molar refractivity (Wildman–Crippen MR) is 291 cm³/mol. The van der Waals surface area contributed by atoms with Gasteiger partial charge in [0.2, 0.25) is 17.7 Å². The second-order valence-corrected chi connectivity index (χ2v) is 18.4. The van der Waals surface area contributed by atoms with Gasteiger partial charge in [-0.1, -0.05) is 32.0 Å². The smallest absolute Gasteiger partial charge is 0.407 e. The number of halogens is 1. The highest BCUT2D eigenvalue weighted by atomic mass is 19.1. The number of imide groups is 1. The van der Waals surface area contributed by atoms with Crippen LogP contribution in [0.2, 0.25) is 0 Å².